The van der Waals surface area contributed by atoms with Crippen LogP contribution in [0.2, 0.25) is 0 Å². The number of hydrogen-bond donors (Lipinski definition) is 0. The number of nitrogens with zero attached hydrogens (tertiary/aromatic N) is 2. The van der Waals surface area contributed by atoms with Gasteiger partial charge in [-0.3, -0.25) is 19.5 Å². The molecule has 1 heterocycles. The zero-order valence-corrected chi connectivity index (χ0v) is 12.0. The fourth-order valence-corrected chi connectivity index (χ4v) is 1.62. The van der Waals surface area contributed by atoms with E-state index in [0.717, 1.165) is 16.8 Å². The lowest BCUT2D eigenvalue weighted by atomic mass is 10.2. The van der Waals surface area contributed by atoms with Gasteiger partial charge in [-0.1, -0.05) is 6.92 Å². The molecule has 7 nitrogen and oxygen atoms in total. The number of aryl methyl sites for hydroxylation is 1. The zero-order valence-electron chi connectivity index (χ0n) is 12.0. The average molecular weight is 282 g/mol. The molecular formula is C13H18N2O5. The Hall–Kier alpha value is -2.18. The second-order valence-electron chi connectivity index (χ2n) is 4.68. The molecule has 1 aromatic rings. The first-order valence-electron chi connectivity index (χ1n) is 6.35. The van der Waals surface area contributed by atoms with Crippen LogP contribution in [0.3, 0.4) is 0 Å². The molecule has 110 valence electrons. The van der Waals surface area contributed by atoms with E-state index in [1.165, 1.54) is 13.8 Å². The first kappa shape index (κ1) is 15.9. The van der Waals surface area contributed by atoms with Crippen molar-refractivity contribution in [1.82, 2.24) is 4.57 Å². The van der Waals surface area contributed by atoms with Crippen LogP contribution in [0.15, 0.2) is 17.1 Å². The molecule has 0 aromatic carbocycles. The summed E-state index contributed by atoms with van der Waals surface area (Å²) in [5.41, 5.74) is -0.409. The number of esters is 1. The quantitative estimate of drug-likeness (QED) is 0.467. The lowest BCUT2D eigenvalue weighted by Gasteiger charge is -2.17. The molecule has 7 heteroatoms. The highest BCUT2D eigenvalue weighted by Gasteiger charge is 2.22. The van der Waals surface area contributed by atoms with Crippen molar-refractivity contribution in [1.29, 1.82) is 0 Å². The number of carbonyl (C=O) groups excluding carboxylic acids is 1. The molecule has 0 fully saturated rings. The molecule has 0 aliphatic rings. The van der Waals surface area contributed by atoms with E-state index in [4.69, 9.17) is 4.74 Å². The number of pyridine rings is 1. The minimum atomic E-state index is -0.907. The van der Waals surface area contributed by atoms with Gasteiger partial charge >= 0.3 is 5.97 Å². The minimum absolute atomic E-state index is 0.201. The van der Waals surface area contributed by atoms with Gasteiger partial charge in [-0.05, 0) is 27.2 Å². The smallest absolute Gasteiger partial charge is 0.329 e. The Morgan fingerprint density at radius 1 is 1.50 bits per heavy atom. The van der Waals surface area contributed by atoms with Crippen LogP contribution in [-0.4, -0.2) is 21.6 Å². The summed E-state index contributed by atoms with van der Waals surface area (Å²) in [5, 5.41) is 10.9. The monoisotopic (exact) mass is 282 g/mol. The second-order valence-corrected chi connectivity index (χ2v) is 4.68. The van der Waals surface area contributed by atoms with E-state index in [1.807, 2.05) is 6.92 Å². The van der Waals surface area contributed by atoms with Crippen LogP contribution in [0.5, 0.6) is 0 Å². The van der Waals surface area contributed by atoms with Crippen molar-refractivity contribution in [3.63, 3.8) is 0 Å². The average Bonchev–Trinajstić information content (AvgIpc) is 2.37. The molecular weight excluding hydrogens is 264 g/mol. The van der Waals surface area contributed by atoms with Gasteiger partial charge in [-0.25, -0.2) is 4.79 Å². The SMILES string of the molecule is CCC(C)OC(=O)C(C)n1cc([N+](=O)[O-])c(C)cc1=O. The van der Waals surface area contributed by atoms with E-state index in [2.05, 4.69) is 0 Å². The molecule has 0 aliphatic heterocycles. The largest absolute Gasteiger partial charge is 0.461 e. The van der Waals surface area contributed by atoms with E-state index in [-0.39, 0.29) is 17.4 Å². The molecule has 0 N–H and O–H groups in total. The summed E-state index contributed by atoms with van der Waals surface area (Å²) in [6.07, 6.45) is 1.47. The molecule has 0 aliphatic carbocycles. The van der Waals surface area contributed by atoms with Gasteiger partial charge in [0.15, 0.2) is 0 Å². The lowest BCUT2D eigenvalue weighted by molar-refractivity contribution is -0.386. The van der Waals surface area contributed by atoms with Gasteiger partial charge in [0, 0.05) is 11.6 Å². The summed E-state index contributed by atoms with van der Waals surface area (Å²) in [7, 11) is 0. The normalized spacial score (nSPS) is 13.6. The van der Waals surface area contributed by atoms with Crippen molar-refractivity contribution in [3.8, 4) is 0 Å². The highest BCUT2D eigenvalue weighted by Crippen LogP contribution is 2.17. The van der Waals surface area contributed by atoms with Crippen molar-refractivity contribution in [3.05, 3.63) is 38.3 Å². The van der Waals surface area contributed by atoms with Gasteiger partial charge in [0.2, 0.25) is 0 Å². The van der Waals surface area contributed by atoms with Gasteiger partial charge in [0.25, 0.3) is 11.2 Å². The molecule has 0 saturated heterocycles. The summed E-state index contributed by atoms with van der Waals surface area (Å²) in [6, 6.07) is 0.237. The lowest BCUT2D eigenvalue weighted by Crippen LogP contribution is -2.30. The predicted molar refractivity (Wildman–Crippen MR) is 72.6 cm³/mol. The van der Waals surface area contributed by atoms with Crippen LogP contribution in [0.1, 0.15) is 38.8 Å². The Kier molecular flexibility index (Phi) is 5.01. The van der Waals surface area contributed by atoms with Crippen molar-refractivity contribution >= 4 is 11.7 Å². The summed E-state index contributed by atoms with van der Waals surface area (Å²) >= 11 is 0. The number of ether oxygens (including phenoxy) is 1. The van der Waals surface area contributed by atoms with Crippen LogP contribution in [0, 0.1) is 17.0 Å². The van der Waals surface area contributed by atoms with Gasteiger partial charge in [-0.2, -0.15) is 0 Å². The van der Waals surface area contributed by atoms with E-state index in [0.29, 0.717) is 6.42 Å². The highest BCUT2D eigenvalue weighted by molar-refractivity contribution is 5.74. The van der Waals surface area contributed by atoms with Gasteiger partial charge in [0.05, 0.1) is 17.2 Å². The molecule has 2 unspecified atom stereocenters. The predicted octanol–water partition coefficient (Wildman–Crippen LogP) is 1.97. The summed E-state index contributed by atoms with van der Waals surface area (Å²) in [5.74, 6) is -0.584. The molecule has 0 saturated carbocycles. The Morgan fingerprint density at radius 3 is 2.60 bits per heavy atom. The van der Waals surface area contributed by atoms with Crippen molar-refractivity contribution in [2.75, 3.05) is 0 Å². The molecule has 0 radical (unpaired) electrons. The number of rotatable bonds is 5. The van der Waals surface area contributed by atoms with E-state index >= 15 is 0 Å². The third-order valence-electron chi connectivity index (χ3n) is 3.11. The van der Waals surface area contributed by atoms with Crippen molar-refractivity contribution in [2.45, 2.75) is 46.3 Å². The first-order valence-corrected chi connectivity index (χ1v) is 6.35. The maximum absolute atomic E-state index is 11.9. The Balaban J connectivity index is 3.13. The summed E-state index contributed by atoms with van der Waals surface area (Å²) in [6.45, 7) is 6.56. The topological polar surface area (TPSA) is 91.4 Å². The molecule has 0 spiro atoms. The summed E-state index contributed by atoms with van der Waals surface area (Å²) < 4.78 is 6.16. The standard InChI is InChI=1S/C13H18N2O5/c1-5-9(3)20-13(17)10(4)14-7-11(15(18)19)8(2)6-12(14)16/h6-7,9-10H,5H2,1-4H3. The van der Waals surface area contributed by atoms with Gasteiger partial charge in [-0.15, -0.1) is 0 Å². The van der Waals surface area contributed by atoms with Gasteiger partial charge in [0.1, 0.15) is 6.04 Å². The van der Waals surface area contributed by atoms with Gasteiger partial charge < -0.3 is 4.74 Å². The minimum Gasteiger partial charge on any atom is -0.461 e. The molecule has 1 aromatic heterocycles. The molecule has 0 amide bonds. The van der Waals surface area contributed by atoms with Crippen molar-refractivity contribution < 1.29 is 14.5 Å². The van der Waals surface area contributed by atoms with Crippen LogP contribution >= 0.6 is 0 Å². The summed E-state index contributed by atoms with van der Waals surface area (Å²) in [4.78, 5) is 34.0. The number of nitro groups is 1. The molecule has 0 bridgehead atoms. The third kappa shape index (κ3) is 3.43. The Morgan fingerprint density at radius 2 is 2.10 bits per heavy atom. The molecule has 20 heavy (non-hydrogen) atoms. The van der Waals surface area contributed by atoms with Crippen LogP contribution in [0.25, 0.3) is 0 Å². The number of carbonyl (C=O) groups is 1. The molecule has 2 atom stereocenters. The molecule has 1 rings (SSSR count). The maximum Gasteiger partial charge on any atom is 0.329 e. The zero-order chi connectivity index (χ0) is 15.4. The Bertz CT molecular complexity index is 579. The maximum atomic E-state index is 11.9. The Labute approximate surface area is 116 Å². The van der Waals surface area contributed by atoms with Crippen molar-refractivity contribution in [2.24, 2.45) is 0 Å². The fraction of sp³-hybridized carbons (Fsp3) is 0.538. The fourth-order valence-electron chi connectivity index (χ4n) is 1.62. The van der Waals surface area contributed by atoms with E-state index < -0.39 is 22.5 Å². The third-order valence-corrected chi connectivity index (χ3v) is 3.11. The van der Waals surface area contributed by atoms with Crippen LogP contribution < -0.4 is 5.56 Å². The van der Waals surface area contributed by atoms with Crippen LogP contribution in [0.4, 0.5) is 5.69 Å². The van der Waals surface area contributed by atoms with E-state index in [1.54, 1.807) is 6.92 Å². The number of aromatic nitrogens is 1. The van der Waals surface area contributed by atoms with Crippen LogP contribution in [-0.2, 0) is 9.53 Å². The first-order chi connectivity index (χ1) is 9.27. The highest BCUT2D eigenvalue weighted by atomic mass is 16.6. The second kappa shape index (κ2) is 6.31. The van der Waals surface area contributed by atoms with E-state index in [9.17, 15) is 19.7 Å². The number of hydrogen-bond acceptors (Lipinski definition) is 5.